The largest absolute Gasteiger partial charge is 0.394 e. The molecular weight excluding hydrogens is 330 g/mol. The van der Waals surface area contributed by atoms with Gasteiger partial charge < -0.3 is 15.2 Å². The number of fused-ring (bicyclic) bond motifs is 2. The van der Waals surface area contributed by atoms with E-state index < -0.39 is 6.10 Å². The van der Waals surface area contributed by atoms with Crippen molar-refractivity contribution in [3.63, 3.8) is 0 Å². The molecule has 1 atom stereocenters. The Morgan fingerprint density at radius 3 is 2.85 bits per heavy atom. The van der Waals surface area contributed by atoms with Gasteiger partial charge in [0.1, 0.15) is 0 Å². The fourth-order valence-corrected chi connectivity index (χ4v) is 3.21. The van der Waals surface area contributed by atoms with Crippen molar-refractivity contribution in [3.05, 3.63) is 64.8 Å². The molecule has 2 aromatic carbocycles. The number of nitrogens with zero attached hydrogens (tertiary/aromatic N) is 1. The number of anilines is 1. The SMILES string of the molecule is OC[C@@H](O)CCONc1c(C2=c3ccccc3=NC2)[nH]c2ccccc12. The van der Waals surface area contributed by atoms with E-state index in [1.165, 1.54) is 0 Å². The van der Waals surface area contributed by atoms with Crippen LogP contribution in [0.1, 0.15) is 12.1 Å². The summed E-state index contributed by atoms with van der Waals surface area (Å²) in [5.74, 6) is 0. The number of aliphatic hydroxyl groups is 2. The molecule has 0 amide bonds. The first kappa shape index (κ1) is 16.8. The third kappa shape index (κ3) is 3.10. The topological polar surface area (TPSA) is 89.9 Å². The number of benzene rings is 2. The average Bonchev–Trinajstić information content (AvgIpc) is 3.26. The number of rotatable bonds is 7. The van der Waals surface area contributed by atoms with Gasteiger partial charge in [0, 0.05) is 28.1 Å². The molecule has 0 saturated heterocycles. The van der Waals surface area contributed by atoms with Crippen LogP contribution in [-0.4, -0.2) is 41.1 Å². The Morgan fingerprint density at radius 2 is 1.96 bits per heavy atom. The Hall–Kier alpha value is -2.67. The summed E-state index contributed by atoms with van der Waals surface area (Å²) < 4.78 is 0. The highest BCUT2D eigenvalue weighted by Gasteiger charge is 2.18. The summed E-state index contributed by atoms with van der Waals surface area (Å²) in [6.45, 7) is 0.638. The van der Waals surface area contributed by atoms with Crippen LogP contribution in [0, 0.1) is 0 Å². The lowest BCUT2D eigenvalue weighted by atomic mass is 10.1. The minimum atomic E-state index is -0.769. The molecular formula is C20H21N3O3. The smallest absolute Gasteiger partial charge is 0.0936 e. The normalized spacial score (nSPS) is 14.3. The van der Waals surface area contributed by atoms with E-state index in [0.717, 1.165) is 38.4 Å². The Bertz CT molecular complexity index is 1040. The van der Waals surface area contributed by atoms with Gasteiger partial charge >= 0.3 is 0 Å². The van der Waals surface area contributed by atoms with Crippen LogP contribution in [0.15, 0.2) is 53.5 Å². The van der Waals surface area contributed by atoms with E-state index in [1.807, 2.05) is 42.5 Å². The van der Waals surface area contributed by atoms with Gasteiger partial charge in [-0.3, -0.25) is 15.3 Å². The predicted octanol–water partition coefficient (Wildman–Crippen LogP) is 1.09. The summed E-state index contributed by atoms with van der Waals surface area (Å²) in [4.78, 5) is 13.7. The highest BCUT2D eigenvalue weighted by molar-refractivity contribution is 5.99. The Labute approximate surface area is 150 Å². The Morgan fingerprint density at radius 1 is 1.15 bits per heavy atom. The number of para-hydroxylation sites is 2. The summed E-state index contributed by atoms with van der Waals surface area (Å²) in [5, 5.41) is 21.5. The molecule has 4 rings (SSSR count). The summed E-state index contributed by atoms with van der Waals surface area (Å²) >= 11 is 0. The van der Waals surface area contributed by atoms with E-state index in [-0.39, 0.29) is 13.2 Å². The van der Waals surface area contributed by atoms with E-state index in [4.69, 9.17) is 9.94 Å². The zero-order valence-corrected chi connectivity index (χ0v) is 14.3. The molecule has 0 aliphatic carbocycles. The zero-order valence-electron chi connectivity index (χ0n) is 14.3. The summed E-state index contributed by atoms with van der Waals surface area (Å²) in [7, 11) is 0. The van der Waals surface area contributed by atoms with Crippen LogP contribution in [0.3, 0.4) is 0 Å². The van der Waals surface area contributed by atoms with Crippen LogP contribution in [0.2, 0.25) is 0 Å². The van der Waals surface area contributed by atoms with Crippen molar-refractivity contribution in [1.29, 1.82) is 0 Å². The van der Waals surface area contributed by atoms with Crippen molar-refractivity contribution < 1.29 is 15.1 Å². The van der Waals surface area contributed by atoms with Gasteiger partial charge in [0.15, 0.2) is 0 Å². The second-order valence-corrected chi connectivity index (χ2v) is 6.31. The van der Waals surface area contributed by atoms with Crippen LogP contribution in [0.5, 0.6) is 0 Å². The molecule has 3 aromatic rings. The maximum atomic E-state index is 9.44. The fraction of sp³-hybridized carbons (Fsp3) is 0.250. The molecule has 26 heavy (non-hydrogen) atoms. The molecule has 1 aliphatic heterocycles. The number of hydrogen-bond donors (Lipinski definition) is 4. The summed E-state index contributed by atoms with van der Waals surface area (Å²) in [6, 6.07) is 16.1. The molecule has 4 N–H and O–H groups in total. The lowest BCUT2D eigenvalue weighted by molar-refractivity contribution is 0.0615. The van der Waals surface area contributed by atoms with Gasteiger partial charge in [-0.25, -0.2) is 0 Å². The quantitative estimate of drug-likeness (QED) is 0.379. The monoisotopic (exact) mass is 351 g/mol. The first-order valence-corrected chi connectivity index (χ1v) is 8.68. The molecule has 0 saturated carbocycles. The van der Waals surface area contributed by atoms with Crippen molar-refractivity contribution in [3.8, 4) is 0 Å². The van der Waals surface area contributed by atoms with E-state index in [9.17, 15) is 5.11 Å². The Balaban J connectivity index is 1.71. The molecule has 0 fully saturated rings. The van der Waals surface area contributed by atoms with Gasteiger partial charge in [0.25, 0.3) is 0 Å². The van der Waals surface area contributed by atoms with E-state index >= 15 is 0 Å². The molecule has 0 spiro atoms. The summed E-state index contributed by atoms with van der Waals surface area (Å²) in [6.07, 6.45) is -0.412. The van der Waals surface area contributed by atoms with Crippen molar-refractivity contribution in [2.75, 3.05) is 25.2 Å². The first-order valence-electron chi connectivity index (χ1n) is 8.68. The van der Waals surface area contributed by atoms with Crippen LogP contribution in [-0.2, 0) is 4.84 Å². The molecule has 0 radical (unpaired) electrons. The molecule has 0 bridgehead atoms. The van der Waals surface area contributed by atoms with Crippen LogP contribution in [0.4, 0.5) is 5.69 Å². The molecule has 1 aliphatic rings. The average molecular weight is 351 g/mol. The highest BCUT2D eigenvalue weighted by atomic mass is 16.6. The van der Waals surface area contributed by atoms with Gasteiger partial charge in [-0.15, -0.1) is 0 Å². The van der Waals surface area contributed by atoms with E-state index in [0.29, 0.717) is 13.0 Å². The van der Waals surface area contributed by atoms with E-state index in [1.54, 1.807) is 0 Å². The predicted molar refractivity (Wildman–Crippen MR) is 100 cm³/mol. The first-order chi connectivity index (χ1) is 12.8. The lowest BCUT2D eigenvalue weighted by Gasteiger charge is -2.11. The molecule has 134 valence electrons. The van der Waals surface area contributed by atoms with Crippen LogP contribution >= 0.6 is 0 Å². The molecule has 1 aromatic heterocycles. The highest BCUT2D eigenvalue weighted by Crippen LogP contribution is 2.31. The van der Waals surface area contributed by atoms with E-state index in [2.05, 4.69) is 21.5 Å². The fourth-order valence-electron chi connectivity index (χ4n) is 3.21. The van der Waals surface area contributed by atoms with Crippen molar-refractivity contribution >= 4 is 22.2 Å². The lowest BCUT2D eigenvalue weighted by Crippen LogP contribution is -2.22. The maximum Gasteiger partial charge on any atom is 0.0936 e. The number of aromatic amines is 1. The minimum Gasteiger partial charge on any atom is -0.394 e. The maximum absolute atomic E-state index is 9.44. The van der Waals surface area contributed by atoms with Crippen molar-refractivity contribution in [2.24, 2.45) is 4.99 Å². The second kappa shape index (κ2) is 7.29. The molecule has 6 nitrogen and oxygen atoms in total. The number of hydrogen-bond acceptors (Lipinski definition) is 5. The minimum absolute atomic E-state index is 0.266. The zero-order chi connectivity index (χ0) is 17.9. The van der Waals surface area contributed by atoms with Crippen molar-refractivity contribution in [2.45, 2.75) is 12.5 Å². The molecule has 6 heteroatoms. The standard InChI is InChI=1S/C20H21N3O3/c24-12-13(25)9-10-26-23-20-15-6-2-4-8-18(15)22-19(20)16-11-21-17-7-3-1-5-14(16)17/h1-8,13,22-25H,9-12H2/t13-/m0/s1. The van der Waals surface area contributed by atoms with Gasteiger partial charge in [0.05, 0.1) is 42.6 Å². The summed E-state index contributed by atoms with van der Waals surface area (Å²) in [5.41, 5.74) is 7.00. The van der Waals surface area contributed by atoms with Gasteiger partial charge in [-0.1, -0.05) is 36.4 Å². The van der Waals surface area contributed by atoms with Crippen LogP contribution < -0.4 is 16.1 Å². The van der Waals surface area contributed by atoms with Crippen molar-refractivity contribution in [1.82, 2.24) is 4.98 Å². The third-order valence-electron chi connectivity index (χ3n) is 4.58. The second-order valence-electron chi connectivity index (χ2n) is 6.31. The van der Waals surface area contributed by atoms with Gasteiger partial charge in [-0.2, -0.15) is 0 Å². The Kier molecular flexibility index (Phi) is 4.71. The number of H-pyrrole nitrogens is 1. The third-order valence-corrected chi connectivity index (χ3v) is 4.58. The molecule has 2 heterocycles. The van der Waals surface area contributed by atoms with Crippen LogP contribution in [0.25, 0.3) is 16.5 Å². The molecule has 0 unspecified atom stereocenters. The number of nitrogens with one attached hydrogen (secondary N) is 2. The van der Waals surface area contributed by atoms with Gasteiger partial charge in [0.2, 0.25) is 0 Å². The van der Waals surface area contributed by atoms with Gasteiger partial charge in [-0.05, 0) is 12.1 Å². The number of aromatic nitrogens is 1. The number of aliphatic hydroxyl groups excluding tert-OH is 2.